The number of nitrogens with zero attached hydrogens (tertiary/aromatic N) is 6. The number of hydrogen-bond acceptors (Lipinski definition) is 5. The second kappa shape index (κ2) is 9.22. The number of hydrogen-bond donors (Lipinski definition) is 0. The van der Waals surface area contributed by atoms with Crippen LogP contribution in [0.1, 0.15) is 26.3 Å². The molecule has 4 aromatic rings. The summed E-state index contributed by atoms with van der Waals surface area (Å²) in [6, 6.07) is 20.1. The Balaban J connectivity index is 1.64. The highest BCUT2D eigenvalue weighted by atomic mass is 16.2. The van der Waals surface area contributed by atoms with Gasteiger partial charge >= 0.3 is 0 Å². The molecule has 1 saturated heterocycles. The van der Waals surface area contributed by atoms with E-state index in [4.69, 9.17) is 4.98 Å². The number of aromatic nitrogens is 3. The standard InChI is InChI=1S/C28H28N6O/c1-19(2)28(35)33-13-12-32(16-20(33)3)26-25-24(22-9-5-4-6-10-22)17-34(27(25)31-18-30-26)23-11-7-8-21(14-23)15-29/h4-11,14,17-20H,12-13,16H2,1-3H3. The van der Waals surface area contributed by atoms with Gasteiger partial charge in [-0.25, -0.2) is 9.97 Å². The molecule has 0 aliphatic carbocycles. The van der Waals surface area contributed by atoms with Crippen LogP contribution in [-0.2, 0) is 4.79 Å². The van der Waals surface area contributed by atoms with E-state index < -0.39 is 0 Å². The Morgan fingerprint density at radius 3 is 2.60 bits per heavy atom. The first kappa shape index (κ1) is 22.6. The molecule has 0 radical (unpaired) electrons. The van der Waals surface area contributed by atoms with Crippen molar-refractivity contribution in [1.29, 1.82) is 5.26 Å². The monoisotopic (exact) mass is 464 g/mol. The maximum atomic E-state index is 12.7. The van der Waals surface area contributed by atoms with Crippen LogP contribution in [0.25, 0.3) is 27.8 Å². The van der Waals surface area contributed by atoms with Gasteiger partial charge in [0.2, 0.25) is 5.91 Å². The van der Waals surface area contributed by atoms with Gasteiger partial charge in [0.25, 0.3) is 0 Å². The van der Waals surface area contributed by atoms with E-state index in [0.29, 0.717) is 25.2 Å². The Morgan fingerprint density at radius 2 is 1.89 bits per heavy atom. The summed E-state index contributed by atoms with van der Waals surface area (Å²) in [7, 11) is 0. The molecule has 1 amide bonds. The zero-order valence-corrected chi connectivity index (χ0v) is 20.2. The number of carbonyl (C=O) groups excluding carboxylic acids is 1. The Labute approximate surface area is 205 Å². The largest absolute Gasteiger partial charge is 0.352 e. The molecule has 2 aromatic carbocycles. The first-order valence-corrected chi connectivity index (χ1v) is 12.0. The van der Waals surface area contributed by atoms with Crippen LogP contribution in [0.5, 0.6) is 0 Å². The van der Waals surface area contributed by atoms with E-state index in [1.807, 2.05) is 59.7 Å². The predicted octanol–water partition coefficient (Wildman–Crippen LogP) is 4.65. The summed E-state index contributed by atoms with van der Waals surface area (Å²) >= 11 is 0. The van der Waals surface area contributed by atoms with Gasteiger partial charge in [-0.15, -0.1) is 0 Å². The number of nitriles is 1. The fourth-order valence-corrected chi connectivity index (χ4v) is 4.85. The summed E-state index contributed by atoms with van der Waals surface area (Å²) in [6.07, 6.45) is 3.68. The van der Waals surface area contributed by atoms with Crippen LogP contribution in [0.15, 0.2) is 67.1 Å². The van der Waals surface area contributed by atoms with Crippen LogP contribution in [0.2, 0.25) is 0 Å². The highest BCUT2D eigenvalue weighted by Crippen LogP contribution is 2.37. The van der Waals surface area contributed by atoms with Gasteiger partial charge in [-0.3, -0.25) is 4.79 Å². The molecule has 1 unspecified atom stereocenters. The van der Waals surface area contributed by atoms with Crippen molar-refractivity contribution < 1.29 is 4.79 Å². The van der Waals surface area contributed by atoms with E-state index in [0.717, 1.165) is 33.7 Å². The van der Waals surface area contributed by atoms with Gasteiger partial charge in [-0.2, -0.15) is 5.26 Å². The molecule has 7 nitrogen and oxygen atoms in total. The average Bonchev–Trinajstić information content (AvgIpc) is 3.29. The Hall–Kier alpha value is -4.18. The zero-order valence-electron chi connectivity index (χ0n) is 20.2. The molecule has 0 saturated carbocycles. The second-order valence-corrected chi connectivity index (χ2v) is 9.32. The lowest BCUT2D eigenvalue weighted by atomic mass is 10.0. The molecular formula is C28H28N6O. The lowest BCUT2D eigenvalue weighted by Gasteiger charge is -2.41. The first-order valence-electron chi connectivity index (χ1n) is 12.0. The number of anilines is 1. The van der Waals surface area contributed by atoms with Crippen LogP contribution in [0, 0.1) is 17.2 Å². The van der Waals surface area contributed by atoms with E-state index in [1.54, 1.807) is 12.4 Å². The van der Waals surface area contributed by atoms with Crippen molar-refractivity contribution in [1.82, 2.24) is 19.4 Å². The van der Waals surface area contributed by atoms with Crippen molar-refractivity contribution in [2.75, 3.05) is 24.5 Å². The highest BCUT2D eigenvalue weighted by molar-refractivity contribution is 6.02. The number of piperazine rings is 1. The third-order valence-electron chi connectivity index (χ3n) is 6.61. The van der Waals surface area contributed by atoms with Gasteiger partial charge in [0.05, 0.1) is 17.0 Å². The first-order chi connectivity index (χ1) is 17.0. The molecule has 0 spiro atoms. The Morgan fingerprint density at radius 1 is 1.09 bits per heavy atom. The molecule has 0 N–H and O–H groups in total. The molecule has 0 bridgehead atoms. The van der Waals surface area contributed by atoms with Gasteiger partial charge in [0.15, 0.2) is 5.65 Å². The molecule has 1 aliphatic rings. The van der Waals surface area contributed by atoms with Gasteiger partial charge in [-0.1, -0.05) is 50.2 Å². The lowest BCUT2D eigenvalue weighted by molar-refractivity contribution is -0.136. The minimum absolute atomic E-state index is 0.0161. The molecule has 7 heteroatoms. The van der Waals surface area contributed by atoms with Crippen molar-refractivity contribution in [2.24, 2.45) is 5.92 Å². The average molecular weight is 465 g/mol. The van der Waals surface area contributed by atoms with Crippen molar-refractivity contribution >= 4 is 22.8 Å². The molecule has 1 fully saturated rings. The maximum Gasteiger partial charge on any atom is 0.225 e. The molecule has 2 aromatic heterocycles. The normalized spacial score (nSPS) is 16.0. The molecule has 1 aliphatic heterocycles. The Kier molecular flexibility index (Phi) is 5.96. The van der Waals surface area contributed by atoms with Crippen LogP contribution in [0.3, 0.4) is 0 Å². The molecule has 35 heavy (non-hydrogen) atoms. The van der Waals surface area contributed by atoms with E-state index in [9.17, 15) is 10.1 Å². The minimum Gasteiger partial charge on any atom is -0.352 e. The molecule has 3 heterocycles. The van der Waals surface area contributed by atoms with E-state index in [1.165, 1.54) is 0 Å². The number of fused-ring (bicyclic) bond motifs is 1. The van der Waals surface area contributed by atoms with Crippen LogP contribution >= 0.6 is 0 Å². The summed E-state index contributed by atoms with van der Waals surface area (Å²) in [4.78, 5) is 26.3. The van der Waals surface area contributed by atoms with E-state index in [-0.39, 0.29) is 17.9 Å². The van der Waals surface area contributed by atoms with Crippen molar-refractivity contribution in [3.8, 4) is 22.9 Å². The number of amides is 1. The quantitative estimate of drug-likeness (QED) is 0.439. The topological polar surface area (TPSA) is 78.1 Å². The van der Waals surface area contributed by atoms with Crippen LogP contribution in [-0.4, -0.2) is 51.0 Å². The molecule has 5 rings (SSSR count). The summed E-state index contributed by atoms with van der Waals surface area (Å²) in [5.41, 5.74) is 4.37. The van der Waals surface area contributed by atoms with Gasteiger partial charge in [-0.05, 0) is 30.7 Å². The smallest absolute Gasteiger partial charge is 0.225 e. The van der Waals surface area contributed by atoms with E-state index >= 15 is 0 Å². The summed E-state index contributed by atoms with van der Waals surface area (Å²) < 4.78 is 2.03. The second-order valence-electron chi connectivity index (χ2n) is 9.32. The molecular weight excluding hydrogens is 436 g/mol. The highest BCUT2D eigenvalue weighted by Gasteiger charge is 2.31. The third kappa shape index (κ3) is 4.12. The van der Waals surface area contributed by atoms with Crippen LogP contribution < -0.4 is 4.90 Å². The third-order valence-corrected chi connectivity index (χ3v) is 6.61. The summed E-state index contributed by atoms with van der Waals surface area (Å²) in [6.45, 7) is 8.07. The molecule has 1 atom stereocenters. The SMILES string of the molecule is CC(C)C(=O)N1CCN(c2ncnc3c2c(-c2ccccc2)cn3-c2cccc(C#N)c2)CC1C. The lowest BCUT2D eigenvalue weighted by Crippen LogP contribution is -2.55. The summed E-state index contributed by atoms with van der Waals surface area (Å²) in [5, 5.41) is 10.4. The van der Waals surface area contributed by atoms with Crippen molar-refractivity contribution in [2.45, 2.75) is 26.8 Å². The fraction of sp³-hybridized carbons (Fsp3) is 0.286. The zero-order chi connectivity index (χ0) is 24.5. The predicted molar refractivity (Wildman–Crippen MR) is 137 cm³/mol. The van der Waals surface area contributed by atoms with Crippen LogP contribution in [0.4, 0.5) is 5.82 Å². The number of carbonyl (C=O) groups is 1. The maximum absolute atomic E-state index is 12.7. The van der Waals surface area contributed by atoms with E-state index in [2.05, 4.69) is 41.2 Å². The van der Waals surface area contributed by atoms with Gasteiger partial charge < -0.3 is 14.4 Å². The van der Waals surface area contributed by atoms with Crippen molar-refractivity contribution in [3.05, 3.63) is 72.7 Å². The fourth-order valence-electron chi connectivity index (χ4n) is 4.85. The van der Waals surface area contributed by atoms with Gasteiger partial charge in [0.1, 0.15) is 12.1 Å². The number of benzene rings is 2. The Bertz CT molecular complexity index is 1420. The van der Waals surface area contributed by atoms with Crippen molar-refractivity contribution in [3.63, 3.8) is 0 Å². The summed E-state index contributed by atoms with van der Waals surface area (Å²) in [5.74, 6) is 1.05. The number of rotatable bonds is 4. The molecule has 176 valence electrons. The van der Waals surface area contributed by atoms with Gasteiger partial charge in [0, 0.05) is 49.0 Å². The minimum atomic E-state index is -0.0161.